The molecule has 0 spiro atoms. The second-order valence-corrected chi connectivity index (χ2v) is 3.97. The molecule has 1 aromatic heterocycles. The Hall–Kier alpha value is -1.27. The Balaban J connectivity index is 1.96. The molecule has 0 saturated carbocycles. The third-order valence-electron chi connectivity index (χ3n) is 2.34. The third-order valence-corrected chi connectivity index (χ3v) is 2.55. The van der Waals surface area contributed by atoms with Crippen molar-refractivity contribution in [3.05, 3.63) is 18.1 Å². The van der Waals surface area contributed by atoms with Crippen LogP contribution in [0.4, 0.5) is 0 Å². The summed E-state index contributed by atoms with van der Waals surface area (Å²) < 4.78 is 10.9. The molecule has 1 saturated heterocycles. The highest BCUT2D eigenvalue weighted by atomic mass is 32.1. The Kier molecular flexibility index (Phi) is 3.63. The SMILES string of the molecule is NC(=S)c1cnc(OC2CCOCC2)cn1. The summed E-state index contributed by atoms with van der Waals surface area (Å²) >= 11 is 4.78. The van der Waals surface area contributed by atoms with Gasteiger partial charge in [0.1, 0.15) is 16.8 Å². The molecule has 0 amide bonds. The van der Waals surface area contributed by atoms with Gasteiger partial charge in [0.25, 0.3) is 0 Å². The van der Waals surface area contributed by atoms with E-state index in [1.54, 1.807) is 6.20 Å². The van der Waals surface area contributed by atoms with Crippen molar-refractivity contribution in [2.75, 3.05) is 13.2 Å². The van der Waals surface area contributed by atoms with Crippen molar-refractivity contribution in [1.29, 1.82) is 0 Å². The first-order valence-electron chi connectivity index (χ1n) is 5.12. The number of aromatic nitrogens is 2. The lowest BCUT2D eigenvalue weighted by Gasteiger charge is -2.22. The maximum atomic E-state index is 5.65. The van der Waals surface area contributed by atoms with Crippen LogP contribution < -0.4 is 10.5 Å². The average Bonchev–Trinajstić information content (AvgIpc) is 2.31. The number of nitrogens with two attached hydrogens (primary N) is 1. The monoisotopic (exact) mass is 239 g/mol. The van der Waals surface area contributed by atoms with Crippen LogP contribution in [0.2, 0.25) is 0 Å². The zero-order valence-electron chi connectivity index (χ0n) is 8.76. The van der Waals surface area contributed by atoms with Crippen LogP contribution in [0.3, 0.4) is 0 Å². The minimum atomic E-state index is 0.165. The van der Waals surface area contributed by atoms with Crippen molar-refractivity contribution >= 4 is 17.2 Å². The Morgan fingerprint density at radius 1 is 1.38 bits per heavy atom. The molecule has 1 aliphatic rings. The molecule has 2 heterocycles. The summed E-state index contributed by atoms with van der Waals surface area (Å²) in [5.74, 6) is 0.506. The summed E-state index contributed by atoms with van der Waals surface area (Å²) in [7, 11) is 0. The first-order chi connectivity index (χ1) is 7.75. The minimum absolute atomic E-state index is 0.165. The molecule has 2 N–H and O–H groups in total. The Labute approximate surface area is 99.0 Å². The molecule has 16 heavy (non-hydrogen) atoms. The zero-order chi connectivity index (χ0) is 11.4. The lowest BCUT2D eigenvalue weighted by atomic mass is 10.2. The Morgan fingerprint density at radius 3 is 2.69 bits per heavy atom. The van der Waals surface area contributed by atoms with E-state index in [-0.39, 0.29) is 11.1 Å². The van der Waals surface area contributed by atoms with Crippen LogP contribution >= 0.6 is 12.2 Å². The topological polar surface area (TPSA) is 70.3 Å². The van der Waals surface area contributed by atoms with Crippen molar-refractivity contribution in [2.24, 2.45) is 5.73 Å². The fourth-order valence-electron chi connectivity index (χ4n) is 1.47. The number of hydrogen-bond donors (Lipinski definition) is 1. The van der Waals surface area contributed by atoms with Crippen LogP contribution in [0.15, 0.2) is 12.4 Å². The highest BCUT2D eigenvalue weighted by Gasteiger charge is 2.15. The van der Waals surface area contributed by atoms with Crippen molar-refractivity contribution in [1.82, 2.24) is 9.97 Å². The fourth-order valence-corrected chi connectivity index (χ4v) is 1.57. The first-order valence-corrected chi connectivity index (χ1v) is 5.53. The van der Waals surface area contributed by atoms with Gasteiger partial charge in [-0.05, 0) is 0 Å². The second kappa shape index (κ2) is 5.18. The van der Waals surface area contributed by atoms with Crippen molar-refractivity contribution in [2.45, 2.75) is 18.9 Å². The van der Waals surface area contributed by atoms with E-state index in [1.165, 1.54) is 6.20 Å². The van der Waals surface area contributed by atoms with Gasteiger partial charge in [0.05, 0.1) is 25.6 Å². The molecule has 0 aromatic carbocycles. The third kappa shape index (κ3) is 2.86. The molecule has 0 atom stereocenters. The van der Waals surface area contributed by atoms with Crippen LogP contribution in [0.1, 0.15) is 18.5 Å². The summed E-state index contributed by atoms with van der Waals surface area (Å²) in [5, 5.41) is 0. The van der Waals surface area contributed by atoms with Gasteiger partial charge >= 0.3 is 0 Å². The molecule has 1 aliphatic heterocycles. The highest BCUT2D eigenvalue weighted by Crippen LogP contribution is 2.14. The Morgan fingerprint density at radius 2 is 2.12 bits per heavy atom. The maximum absolute atomic E-state index is 5.65. The van der Waals surface area contributed by atoms with Gasteiger partial charge in [-0.3, -0.25) is 0 Å². The molecule has 0 unspecified atom stereocenters. The van der Waals surface area contributed by atoms with Gasteiger partial charge in [0, 0.05) is 12.8 Å². The zero-order valence-corrected chi connectivity index (χ0v) is 9.57. The smallest absolute Gasteiger partial charge is 0.232 e. The van der Waals surface area contributed by atoms with E-state index in [0.717, 1.165) is 26.1 Å². The van der Waals surface area contributed by atoms with E-state index < -0.39 is 0 Å². The standard InChI is InChI=1S/C10H13N3O2S/c11-10(16)8-5-13-9(6-12-8)15-7-1-3-14-4-2-7/h5-7H,1-4H2,(H2,11,16). The van der Waals surface area contributed by atoms with Crippen LogP contribution in [0.5, 0.6) is 5.88 Å². The van der Waals surface area contributed by atoms with Crippen molar-refractivity contribution in [3.8, 4) is 5.88 Å². The van der Waals surface area contributed by atoms with Crippen LogP contribution in [-0.4, -0.2) is 34.3 Å². The highest BCUT2D eigenvalue weighted by molar-refractivity contribution is 7.80. The van der Waals surface area contributed by atoms with Gasteiger partial charge in [-0.1, -0.05) is 12.2 Å². The summed E-state index contributed by atoms with van der Waals surface area (Å²) in [6.45, 7) is 1.48. The van der Waals surface area contributed by atoms with Gasteiger partial charge in [-0.25, -0.2) is 9.97 Å². The lowest BCUT2D eigenvalue weighted by molar-refractivity contribution is 0.0235. The van der Waals surface area contributed by atoms with E-state index in [0.29, 0.717) is 11.6 Å². The van der Waals surface area contributed by atoms with Gasteiger partial charge < -0.3 is 15.2 Å². The molecule has 6 heteroatoms. The predicted molar refractivity (Wildman–Crippen MR) is 62.4 cm³/mol. The molecule has 1 fully saturated rings. The average molecular weight is 239 g/mol. The second-order valence-electron chi connectivity index (χ2n) is 3.53. The van der Waals surface area contributed by atoms with Gasteiger partial charge in [-0.2, -0.15) is 0 Å². The number of hydrogen-bond acceptors (Lipinski definition) is 5. The molecule has 86 valence electrons. The predicted octanol–water partition coefficient (Wildman–Crippen LogP) is 0.669. The van der Waals surface area contributed by atoms with Gasteiger partial charge in [0.2, 0.25) is 5.88 Å². The first kappa shape index (κ1) is 11.2. The van der Waals surface area contributed by atoms with Crippen molar-refractivity contribution in [3.63, 3.8) is 0 Å². The fraction of sp³-hybridized carbons (Fsp3) is 0.500. The van der Waals surface area contributed by atoms with Crippen molar-refractivity contribution < 1.29 is 9.47 Å². The van der Waals surface area contributed by atoms with E-state index in [1.807, 2.05) is 0 Å². The molecule has 0 radical (unpaired) electrons. The minimum Gasteiger partial charge on any atom is -0.473 e. The summed E-state index contributed by atoms with van der Waals surface area (Å²) in [4.78, 5) is 8.40. The quantitative estimate of drug-likeness (QED) is 0.782. The molecule has 0 bridgehead atoms. The lowest BCUT2D eigenvalue weighted by Crippen LogP contribution is -2.26. The molecule has 2 rings (SSSR count). The van der Waals surface area contributed by atoms with E-state index in [2.05, 4.69) is 9.97 Å². The summed E-state index contributed by atoms with van der Waals surface area (Å²) in [6, 6.07) is 0. The molecular formula is C10H13N3O2S. The molecular weight excluding hydrogens is 226 g/mol. The summed E-state index contributed by atoms with van der Waals surface area (Å²) in [6.07, 6.45) is 5.01. The molecule has 0 aliphatic carbocycles. The normalized spacial score (nSPS) is 17.0. The number of ether oxygens (including phenoxy) is 2. The van der Waals surface area contributed by atoms with Gasteiger partial charge in [0.15, 0.2) is 0 Å². The van der Waals surface area contributed by atoms with Crippen LogP contribution in [-0.2, 0) is 4.74 Å². The largest absolute Gasteiger partial charge is 0.473 e. The molecule has 5 nitrogen and oxygen atoms in total. The van der Waals surface area contributed by atoms with E-state index in [9.17, 15) is 0 Å². The maximum Gasteiger partial charge on any atom is 0.232 e. The van der Waals surface area contributed by atoms with E-state index in [4.69, 9.17) is 27.4 Å². The molecule has 1 aromatic rings. The van der Waals surface area contributed by atoms with E-state index >= 15 is 0 Å². The van der Waals surface area contributed by atoms with Crippen LogP contribution in [0.25, 0.3) is 0 Å². The number of nitrogens with zero attached hydrogens (tertiary/aromatic N) is 2. The Bertz CT molecular complexity index is 363. The number of rotatable bonds is 3. The van der Waals surface area contributed by atoms with Crippen LogP contribution in [0, 0.1) is 0 Å². The van der Waals surface area contributed by atoms with Gasteiger partial charge in [-0.15, -0.1) is 0 Å². The number of thiocarbonyl (C=S) groups is 1. The summed E-state index contributed by atoms with van der Waals surface area (Å²) in [5.41, 5.74) is 5.93.